The average Bonchev–Trinajstić information content (AvgIpc) is 2.50. The van der Waals surface area contributed by atoms with E-state index in [0.29, 0.717) is 20.8 Å². The molecule has 3 nitrogen and oxygen atoms in total. The average molecular weight is 368 g/mol. The standard InChI is InChI=1S/C17H13Cl3N2O/c1-10-12(6-11-4-2-3-5-16(11)23-10)9-21-22-17-14(19)7-13(18)8-15(17)20/h2-10,22H,1H3. The van der Waals surface area contributed by atoms with Gasteiger partial charge < -0.3 is 4.74 Å². The van der Waals surface area contributed by atoms with Gasteiger partial charge >= 0.3 is 0 Å². The lowest BCUT2D eigenvalue weighted by atomic mass is 10.0. The molecule has 118 valence electrons. The molecule has 0 bridgehead atoms. The summed E-state index contributed by atoms with van der Waals surface area (Å²) in [6.07, 6.45) is 3.65. The lowest BCUT2D eigenvalue weighted by Gasteiger charge is -2.22. The first-order valence-electron chi connectivity index (χ1n) is 6.95. The van der Waals surface area contributed by atoms with Gasteiger partial charge in [0.15, 0.2) is 0 Å². The minimum Gasteiger partial charge on any atom is -0.485 e. The minimum atomic E-state index is -0.0911. The van der Waals surface area contributed by atoms with Crippen molar-refractivity contribution in [2.24, 2.45) is 5.10 Å². The highest BCUT2D eigenvalue weighted by Gasteiger charge is 2.17. The lowest BCUT2D eigenvalue weighted by molar-refractivity contribution is 0.260. The van der Waals surface area contributed by atoms with Crippen molar-refractivity contribution in [2.45, 2.75) is 13.0 Å². The number of nitrogens with zero attached hydrogens (tertiary/aromatic N) is 1. The first-order chi connectivity index (χ1) is 11.0. The summed E-state index contributed by atoms with van der Waals surface area (Å²) in [5.74, 6) is 0.869. The fourth-order valence-corrected chi connectivity index (χ4v) is 3.13. The van der Waals surface area contributed by atoms with Gasteiger partial charge in [-0.25, -0.2) is 0 Å². The molecule has 0 aliphatic carbocycles. The zero-order chi connectivity index (χ0) is 16.4. The molecular weight excluding hydrogens is 355 g/mol. The molecule has 2 aromatic rings. The maximum Gasteiger partial charge on any atom is 0.127 e. The van der Waals surface area contributed by atoms with E-state index in [4.69, 9.17) is 39.5 Å². The number of halogens is 3. The molecule has 1 heterocycles. The fraction of sp³-hybridized carbons (Fsp3) is 0.118. The molecule has 1 N–H and O–H groups in total. The Morgan fingerprint density at radius 1 is 1.13 bits per heavy atom. The number of benzene rings is 2. The summed E-state index contributed by atoms with van der Waals surface area (Å²) in [6, 6.07) is 11.1. The number of anilines is 1. The Labute approximate surface area is 149 Å². The third-order valence-electron chi connectivity index (χ3n) is 3.41. The van der Waals surface area contributed by atoms with Gasteiger partial charge in [-0.3, -0.25) is 5.43 Å². The predicted molar refractivity (Wildman–Crippen MR) is 98.1 cm³/mol. The molecule has 23 heavy (non-hydrogen) atoms. The SMILES string of the molecule is CC1Oc2ccccc2C=C1C=NNc1c(Cl)cc(Cl)cc1Cl. The largest absolute Gasteiger partial charge is 0.485 e. The van der Waals surface area contributed by atoms with E-state index in [2.05, 4.69) is 10.5 Å². The molecule has 0 amide bonds. The second-order valence-electron chi connectivity index (χ2n) is 5.06. The summed E-state index contributed by atoms with van der Waals surface area (Å²) in [4.78, 5) is 0. The van der Waals surface area contributed by atoms with Crippen molar-refractivity contribution in [3.05, 3.63) is 62.6 Å². The summed E-state index contributed by atoms with van der Waals surface area (Å²) in [7, 11) is 0. The summed E-state index contributed by atoms with van der Waals surface area (Å²) in [6.45, 7) is 1.97. The van der Waals surface area contributed by atoms with E-state index in [1.165, 1.54) is 0 Å². The van der Waals surface area contributed by atoms with E-state index < -0.39 is 0 Å². The topological polar surface area (TPSA) is 33.6 Å². The molecule has 0 radical (unpaired) electrons. The molecule has 0 fully saturated rings. The number of rotatable bonds is 3. The smallest absolute Gasteiger partial charge is 0.127 e. The van der Waals surface area contributed by atoms with Crippen LogP contribution in [0.4, 0.5) is 5.69 Å². The van der Waals surface area contributed by atoms with Crippen LogP contribution in [0.1, 0.15) is 12.5 Å². The van der Waals surface area contributed by atoms with Crippen LogP contribution < -0.4 is 10.2 Å². The van der Waals surface area contributed by atoms with Gasteiger partial charge in [-0.15, -0.1) is 0 Å². The number of hydrogen-bond donors (Lipinski definition) is 1. The maximum atomic E-state index is 6.11. The normalized spacial score (nSPS) is 16.7. The van der Waals surface area contributed by atoms with Gasteiger partial charge in [-0.2, -0.15) is 5.10 Å². The number of para-hydroxylation sites is 1. The number of ether oxygens (including phenoxy) is 1. The zero-order valence-electron chi connectivity index (χ0n) is 12.2. The third kappa shape index (κ3) is 3.63. The van der Waals surface area contributed by atoms with Crippen molar-refractivity contribution in [1.29, 1.82) is 0 Å². The van der Waals surface area contributed by atoms with Crippen LogP contribution in [0.15, 0.2) is 47.1 Å². The molecule has 0 saturated heterocycles. The van der Waals surface area contributed by atoms with Crippen LogP contribution in [-0.2, 0) is 0 Å². The van der Waals surface area contributed by atoms with E-state index in [1.807, 2.05) is 37.3 Å². The second kappa shape index (κ2) is 6.83. The number of nitrogens with one attached hydrogen (secondary N) is 1. The highest BCUT2D eigenvalue weighted by Crippen LogP contribution is 2.34. The van der Waals surface area contributed by atoms with Crippen molar-refractivity contribution in [1.82, 2.24) is 0 Å². The summed E-state index contributed by atoms with van der Waals surface area (Å²) < 4.78 is 5.85. The summed E-state index contributed by atoms with van der Waals surface area (Å²) >= 11 is 18.1. The van der Waals surface area contributed by atoms with Gasteiger partial charge in [0, 0.05) is 16.2 Å². The van der Waals surface area contributed by atoms with Crippen LogP contribution >= 0.6 is 34.8 Å². The van der Waals surface area contributed by atoms with Crippen LogP contribution in [0.3, 0.4) is 0 Å². The molecule has 1 atom stereocenters. The van der Waals surface area contributed by atoms with E-state index in [0.717, 1.165) is 16.9 Å². The van der Waals surface area contributed by atoms with Crippen molar-refractivity contribution in [3.8, 4) is 5.75 Å². The molecular formula is C17H13Cl3N2O. The van der Waals surface area contributed by atoms with Crippen LogP contribution in [0.25, 0.3) is 6.08 Å². The highest BCUT2D eigenvalue weighted by molar-refractivity contribution is 6.41. The summed E-state index contributed by atoms with van der Waals surface area (Å²) in [5.41, 5.74) is 5.33. The predicted octanol–water partition coefficient (Wildman–Crippen LogP) is 5.91. The van der Waals surface area contributed by atoms with Crippen LogP contribution in [0.5, 0.6) is 5.75 Å². The second-order valence-corrected chi connectivity index (χ2v) is 6.31. The van der Waals surface area contributed by atoms with Crippen LogP contribution in [0.2, 0.25) is 15.1 Å². The molecule has 1 aliphatic heterocycles. The van der Waals surface area contributed by atoms with Gasteiger partial charge in [0.1, 0.15) is 11.9 Å². The van der Waals surface area contributed by atoms with Crippen LogP contribution in [0, 0.1) is 0 Å². The Balaban J connectivity index is 1.80. The third-order valence-corrected chi connectivity index (χ3v) is 4.23. The molecule has 3 rings (SSSR count). The minimum absolute atomic E-state index is 0.0911. The van der Waals surface area contributed by atoms with Gasteiger partial charge in [-0.05, 0) is 31.2 Å². The molecule has 2 aromatic carbocycles. The highest BCUT2D eigenvalue weighted by atomic mass is 35.5. The van der Waals surface area contributed by atoms with Gasteiger partial charge in [-0.1, -0.05) is 53.0 Å². The Kier molecular flexibility index (Phi) is 4.81. The first-order valence-corrected chi connectivity index (χ1v) is 8.09. The monoisotopic (exact) mass is 366 g/mol. The van der Waals surface area contributed by atoms with E-state index in [9.17, 15) is 0 Å². The number of hydrazone groups is 1. The number of fused-ring (bicyclic) bond motifs is 1. The van der Waals surface area contributed by atoms with Crippen LogP contribution in [-0.4, -0.2) is 12.3 Å². The van der Waals surface area contributed by atoms with Crippen molar-refractivity contribution in [3.63, 3.8) is 0 Å². The maximum absolute atomic E-state index is 6.11. The molecule has 0 spiro atoms. The zero-order valence-corrected chi connectivity index (χ0v) is 14.5. The van der Waals surface area contributed by atoms with E-state index in [-0.39, 0.29) is 6.10 Å². The summed E-state index contributed by atoms with van der Waals surface area (Å²) in [5, 5.41) is 5.50. The van der Waals surface area contributed by atoms with Crippen molar-refractivity contribution >= 4 is 52.8 Å². The number of hydrogen-bond acceptors (Lipinski definition) is 3. The Morgan fingerprint density at radius 2 is 1.83 bits per heavy atom. The fourth-order valence-electron chi connectivity index (χ4n) is 2.23. The molecule has 1 unspecified atom stereocenters. The molecule has 0 aromatic heterocycles. The van der Waals surface area contributed by atoms with Crippen molar-refractivity contribution < 1.29 is 4.74 Å². The van der Waals surface area contributed by atoms with Gasteiger partial charge in [0.2, 0.25) is 0 Å². The van der Waals surface area contributed by atoms with E-state index in [1.54, 1.807) is 18.3 Å². The quantitative estimate of drug-likeness (QED) is 0.540. The first kappa shape index (κ1) is 16.2. The molecule has 1 aliphatic rings. The van der Waals surface area contributed by atoms with Crippen molar-refractivity contribution in [2.75, 3.05) is 5.43 Å². The Bertz CT molecular complexity index is 779. The Morgan fingerprint density at radius 3 is 2.57 bits per heavy atom. The molecule has 6 heteroatoms. The Hall–Kier alpha value is -1.68. The van der Waals surface area contributed by atoms with E-state index >= 15 is 0 Å². The van der Waals surface area contributed by atoms with Gasteiger partial charge in [0.25, 0.3) is 0 Å². The molecule has 0 saturated carbocycles. The lowest BCUT2D eigenvalue weighted by Crippen LogP contribution is -2.19. The van der Waals surface area contributed by atoms with Gasteiger partial charge in [0.05, 0.1) is 21.9 Å².